The Morgan fingerprint density at radius 3 is 2.61 bits per heavy atom. The van der Waals surface area contributed by atoms with Crippen molar-refractivity contribution in [2.45, 2.75) is 38.8 Å². The number of ether oxygens (including phenoxy) is 2. The molecule has 8 nitrogen and oxygen atoms in total. The van der Waals surface area contributed by atoms with Gasteiger partial charge in [-0.05, 0) is 44.5 Å². The summed E-state index contributed by atoms with van der Waals surface area (Å²) in [4.78, 5) is 22.3. The number of methoxy groups -OCH3 is 1. The number of hydrogen-bond acceptors (Lipinski definition) is 8. The summed E-state index contributed by atoms with van der Waals surface area (Å²) in [5.74, 6) is 2.58. The van der Waals surface area contributed by atoms with Crippen molar-refractivity contribution in [3.8, 4) is 22.6 Å². The molecule has 1 fully saturated rings. The average Bonchev–Trinajstić information content (AvgIpc) is 3.27. The highest BCUT2D eigenvalue weighted by Gasteiger charge is 2.28. The summed E-state index contributed by atoms with van der Waals surface area (Å²) in [5.41, 5.74) is 4.22. The fourth-order valence-corrected chi connectivity index (χ4v) is 4.20. The lowest BCUT2D eigenvalue weighted by molar-refractivity contribution is 0.229. The first kappa shape index (κ1) is 22.9. The topological polar surface area (TPSA) is 76.5 Å². The van der Waals surface area contributed by atoms with Crippen LogP contribution in [0.1, 0.15) is 37.4 Å². The Morgan fingerprint density at radius 1 is 1.12 bits per heavy atom. The van der Waals surface area contributed by atoms with Crippen LogP contribution in [0.25, 0.3) is 11.1 Å². The van der Waals surface area contributed by atoms with Crippen LogP contribution in [-0.4, -0.2) is 65.2 Å². The van der Waals surface area contributed by atoms with Crippen molar-refractivity contribution < 1.29 is 9.47 Å². The van der Waals surface area contributed by atoms with Gasteiger partial charge in [-0.1, -0.05) is 6.07 Å². The van der Waals surface area contributed by atoms with Gasteiger partial charge in [0, 0.05) is 62.8 Å². The summed E-state index contributed by atoms with van der Waals surface area (Å²) in [5, 5.41) is 0. The molecule has 0 amide bonds. The Kier molecular flexibility index (Phi) is 7.03. The van der Waals surface area contributed by atoms with Gasteiger partial charge in [-0.15, -0.1) is 0 Å². The van der Waals surface area contributed by atoms with Gasteiger partial charge in [-0.2, -0.15) is 0 Å². The molecule has 0 saturated carbocycles. The van der Waals surface area contributed by atoms with Crippen LogP contribution in [-0.2, 0) is 6.54 Å². The Hall–Kier alpha value is -3.26. The largest absolute Gasteiger partial charge is 0.493 e. The minimum Gasteiger partial charge on any atom is -0.493 e. The molecule has 1 aromatic carbocycles. The zero-order chi connectivity index (χ0) is 23.4. The monoisotopic (exact) mass is 448 g/mol. The van der Waals surface area contributed by atoms with E-state index in [4.69, 9.17) is 14.5 Å². The smallest absolute Gasteiger partial charge is 0.225 e. The van der Waals surface area contributed by atoms with E-state index in [2.05, 4.69) is 32.0 Å². The first-order valence-electron chi connectivity index (χ1n) is 11.3. The van der Waals surface area contributed by atoms with E-state index in [-0.39, 0.29) is 6.10 Å². The fraction of sp³-hybridized carbons (Fsp3) is 0.440. The highest BCUT2D eigenvalue weighted by atomic mass is 16.5. The summed E-state index contributed by atoms with van der Waals surface area (Å²) in [6, 6.07) is 6.19. The maximum absolute atomic E-state index is 5.96. The van der Waals surface area contributed by atoms with Crippen LogP contribution in [0.4, 0.5) is 5.95 Å². The van der Waals surface area contributed by atoms with E-state index in [1.165, 1.54) is 5.56 Å². The summed E-state index contributed by atoms with van der Waals surface area (Å²) in [7, 11) is 5.60. The predicted molar refractivity (Wildman–Crippen MR) is 129 cm³/mol. The third-order valence-corrected chi connectivity index (χ3v) is 5.73. The Bertz CT molecular complexity index is 1070. The molecule has 3 aromatic rings. The van der Waals surface area contributed by atoms with Crippen molar-refractivity contribution in [2.75, 3.05) is 39.2 Å². The van der Waals surface area contributed by atoms with Crippen LogP contribution in [0.2, 0.25) is 0 Å². The molecule has 1 atom stereocenters. The number of rotatable bonds is 8. The minimum absolute atomic E-state index is 0.0920. The van der Waals surface area contributed by atoms with Crippen LogP contribution in [0, 0.1) is 0 Å². The van der Waals surface area contributed by atoms with E-state index in [1.54, 1.807) is 13.4 Å². The Morgan fingerprint density at radius 2 is 1.91 bits per heavy atom. The molecule has 0 spiro atoms. The second-order valence-corrected chi connectivity index (χ2v) is 8.86. The van der Waals surface area contributed by atoms with Crippen molar-refractivity contribution in [1.82, 2.24) is 24.8 Å². The lowest BCUT2D eigenvalue weighted by atomic mass is 9.97. The zero-order valence-electron chi connectivity index (χ0n) is 20.0. The molecule has 0 radical (unpaired) electrons. The molecule has 0 aliphatic carbocycles. The molecule has 2 aromatic heterocycles. The van der Waals surface area contributed by atoms with Crippen molar-refractivity contribution >= 4 is 5.95 Å². The standard InChI is InChI=1S/C25H32N6O2/c1-17(2)33-23-10-18(6-7-22(23)32-5)14-31-9-8-19(15-31)24-21(20-11-26-16-27-12-20)13-28-25(29-24)30(3)4/h6-7,10-13,16-17,19H,8-9,14-15H2,1-5H3. The quantitative estimate of drug-likeness (QED) is 0.515. The molecule has 4 rings (SSSR count). The number of likely N-dealkylation sites (tertiary alicyclic amines) is 1. The van der Waals surface area contributed by atoms with Crippen LogP contribution >= 0.6 is 0 Å². The molecule has 8 heteroatoms. The van der Waals surface area contributed by atoms with Gasteiger partial charge in [0.2, 0.25) is 5.95 Å². The number of aromatic nitrogens is 4. The van der Waals surface area contributed by atoms with E-state index in [9.17, 15) is 0 Å². The zero-order valence-corrected chi connectivity index (χ0v) is 20.0. The normalized spacial score (nSPS) is 16.2. The van der Waals surface area contributed by atoms with Crippen LogP contribution in [0.15, 0.2) is 43.1 Å². The first-order chi connectivity index (χ1) is 15.9. The molecule has 1 unspecified atom stereocenters. The molecule has 1 saturated heterocycles. The number of hydrogen-bond donors (Lipinski definition) is 0. The maximum Gasteiger partial charge on any atom is 0.225 e. The second kappa shape index (κ2) is 10.1. The van der Waals surface area contributed by atoms with Crippen molar-refractivity contribution in [3.63, 3.8) is 0 Å². The van der Waals surface area contributed by atoms with Crippen molar-refractivity contribution in [3.05, 3.63) is 54.4 Å². The van der Waals surface area contributed by atoms with E-state index in [1.807, 2.05) is 57.5 Å². The lowest BCUT2D eigenvalue weighted by Crippen LogP contribution is -2.21. The van der Waals surface area contributed by atoms with E-state index in [0.717, 1.165) is 60.3 Å². The average molecular weight is 449 g/mol. The SMILES string of the molecule is COc1ccc(CN2CCC(c3nc(N(C)C)ncc3-c3cncnc3)C2)cc1OC(C)C. The van der Waals surface area contributed by atoms with Gasteiger partial charge in [0.15, 0.2) is 11.5 Å². The molecule has 3 heterocycles. The third kappa shape index (κ3) is 5.39. The molecule has 1 aliphatic rings. The molecule has 174 valence electrons. The molecule has 1 aliphatic heterocycles. The number of nitrogens with zero attached hydrogens (tertiary/aromatic N) is 6. The molecule has 0 bridgehead atoms. The highest BCUT2D eigenvalue weighted by Crippen LogP contribution is 2.35. The van der Waals surface area contributed by atoms with Gasteiger partial charge >= 0.3 is 0 Å². The molecular formula is C25H32N6O2. The van der Waals surface area contributed by atoms with Gasteiger partial charge in [-0.3, -0.25) is 4.90 Å². The van der Waals surface area contributed by atoms with Gasteiger partial charge in [0.05, 0.1) is 18.9 Å². The Labute approximate surface area is 195 Å². The van der Waals surface area contributed by atoms with Crippen molar-refractivity contribution in [1.29, 1.82) is 0 Å². The van der Waals surface area contributed by atoms with Gasteiger partial charge in [-0.25, -0.2) is 19.9 Å². The van der Waals surface area contributed by atoms with Crippen molar-refractivity contribution in [2.24, 2.45) is 0 Å². The van der Waals surface area contributed by atoms with Crippen LogP contribution in [0.3, 0.4) is 0 Å². The maximum atomic E-state index is 5.96. The predicted octanol–water partition coefficient (Wildman–Crippen LogP) is 3.78. The first-order valence-corrected chi connectivity index (χ1v) is 11.3. The summed E-state index contributed by atoms with van der Waals surface area (Å²) in [6.07, 6.45) is 8.22. The number of anilines is 1. The fourth-order valence-electron chi connectivity index (χ4n) is 4.20. The van der Waals surface area contributed by atoms with E-state index in [0.29, 0.717) is 5.92 Å². The summed E-state index contributed by atoms with van der Waals surface area (Å²) in [6.45, 7) is 6.83. The molecule has 33 heavy (non-hydrogen) atoms. The molecular weight excluding hydrogens is 416 g/mol. The van der Waals surface area contributed by atoms with E-state index >= 15 is 0 Å². The van der Waals surface area contributed by atoms with Gasteiger partial charge in [0.1, 0.15) is 6.33 Å². The second-order valence-electron chi connectivity index (χ2n) is 8.86. The number of benzene rings is 1. The Balaban J connectivity index is 1.55. The lowest BCUT2D eigenvalue weighted by Gasteiger charge is -2.20. The van der Waals surface area contributed by atoms with Crippen LogP contribution < -0.4 is 14.4 Å². The van der Waals surface area contributed by atoms with Crippen LogP contribution in [0.5, 0.6) is 11.5 Å². The molecule has 0 N–H and O–H groups in total. The van der Waals surface area contributed by atoms with E-state index < -0.39 is 0 Å². The van der Waals surface area contributed by atoms with Gasteiger partial charge < -0.3 is 14.4 Å². The van der Waals surface area contributed by atoms with Gasteiger partial charge in [0.25, 0.3) is 0 Å². The highest BCUT2D eigenvalue weighted by molar-refractivity contribution is 5.65. The minimum atomic E-state index is 0.0920. The summed E-state index contributed by atoms with van der Waals surface area (Å²) >= 11 is 0. The third-order valence-electron chi connectivity index (χ3n) is 5.73. The summed E-state index contributed by atoms with van der Waals surface area (Å²) < 4.78 is 11.4.